The summed E-state index contributed by atoms with van der Waals surface area (Å²) in [6.45, 7) is 15.0. The number of carbonyl (C=O) groups excluding carboxylic acids is 3. The number of nitrogens with one attached hydrogen (secondary N) is 2. The molecule has 0 spiro atoms. The zero-order chi connectivity index (χ0) is 26.1. The number of phenolic OH excluding ortho intramolecular Hbond substituents is 1. The lowest BCUT2D eigenvalue weighted by Crippen LogP contribution is -2.55. The maximum atomic E-state index is 14.0. The van der Waals surface area contributed by atoms with E-state index >= 15 is 0 Å². The van der Waals surface area contributed by atoms with Gasteiger partial charge in [0.15, 0.2) is 0 Å². The standard InChI is InChI=1S/C26H43N3O5/c1-9-11-16-29(22(23(31)27-17(3)4)19-14-12-13-15-20(19)30)24(32)21(18(5)10-2)28-25(33)34-26(6,7)8/h12-15,17-18,21-22,30H,9-11,16H2,1-8H3,(H,27,31)(H,28,33). The van der Waals surface area contributed by atoms with Crippen LogP contribution in [0.15, 0.2) is 24.3 Å². The Morgan fingerprint density at radius 1 is 1.06 bits per heavy atom. The van der Waals surface area contributed by atoms with E-state index in [1.807, 2.05) is 34.6 Å². The Hall–Kier alpha value is -2.77. The van der Waals surface area contributed by atoms with E-state index < -0.39 is 23.8 Å². The van der Waals surface area contributed by atoms with Crippen molar-refractivity contribution in [1.29, 1.82) is 0 Å². The van der Waals surface area contributed by atoms with Gasteiger partial charge in [-0.2, -0.15) is 0 Å². The van der Waals surface area contributed by atoms with Gasteiger partial charge in [-0.05, 0) is 53.0 Å². The van der Waals surface area contributed by atoms with Crippen LogP contribution in [0.2, 0.25) is 0 Å². The van der Waals surface area contributed by atoms with Crippen molar-refractivity contribution >= 4 is 17.9 Å². The van der Waals surface area contributed by atoms with E-state index in [0.717, 1.165) is 6.42 Å². The Labute approximate surface area is 204 Å². The number of unbranched alkanes of at least 4 members (excludes halogenated alkanes) is 1. The number of phenols is 1. The summed E-state index contributed by atoms with van der Waals surface area (Å²) in [5, 5.41) is 16.2. The first kappa shape index (κ1) is 29.3. The molecular formula is C26H43N3O5. The first-order valence-electron chi connectivity index (χ1n) is 12.2. The minimum absolute atomic E-state index is 0.0686. The molecule has 1 aromatic rings. The Bertz CT molecular complexity index is 819. The van der Waals surface area contributed by atoms with Crippen molar-refractivity contribution in [2.75, 3.05) is 6.54 Å². The number of hydrogen-bond acceptors (Lipinski definition) is 5. The molecule has 34 heavy (non-hydrogen) atoms. The SMILES string of the molecule is CCCCN(C(=O)C(NC(=O)OC(C)(C)C)C(C)CC)C(C(=O)NC(C)C)c1ccccc1O. The molecule has 0 heterocycles. The highest BCUT2D eigenvalue weighted by Gasteiger charge is 2.38. The van der Waals surface area contributed by atoms with Crippen molar-refractivity contribution in [3.05, 3.63) is 29.8 Å². The van der Waals surface area contributed by atoms with E-state index in [1.165, 1.54) is 11.0 Å². The van der Waals surface area contributed by atoms with E-state index in [-0.39, 0.29) is 29.5 Å². The lowest BCUT2D eigenvalue weighted by atomic mass is 9.95. The van der Waals surface area contributed by atoms with E-state index in [9.17, 15) is 19.5 Å². The molecular weight excluding hydrogens is 434 g/mol. The number of aromatic hydroxyl groups is 1. The smallest absolute Gasteiger partial charge is 0.408 e. The highest BCUT2D eigenvalue weighted by molar-refractivity contribution is 5.92. The zero-order valence-corrected chi connectivity index (χ0v) is 22.0. The lowest BCUT2D eigenvalue weighted by molar-refractivity contribution is -0.143. The number of benzene rings is 1. The highest BCUT2D eigenvalue weighted by atomic mass is 16.6. The van der Waals surface area contributed by atoms with Crippen molar-refractivity contribution in [2.45, 2.75) is 98.4 Å². The van der Waals surface area contributed by atoms with Crippen molar-refractivity contribution in [3.63, 3.8) is 0 Å². The average molecular weight is 478 g/mol. The van der Waals surface area contributed by atoms with Crippen LogP contribution in [0.3, 0.4) is 0 Å². The molecule has 8 heteroatoms. The molecule has 0 saturated carbocycles. The topological polar surface area (TPSA) is 108 Å². The summed E-state index contributed by atoms with van der Waals surface area (Å²) in [4.78, 5) is 41.4. The van der Waals surface area contributed by atoms with Crippen molar-refractivity contribution in [2.24, 2.45) is 5.92 Å². The Balaban J connectivity index is 3.50. The fourth-order valence-electron chi connectivity index (χ4n) is 3.52. The van der Waals surface area contributed by atoms with Gasteiger partial charge in [0.25, 0.3) is 0 Å². The highest BCUT2D eigenvalue weighted by Crippen LogP contribution is 2.31. The zero-order valence-electron chi connectivity index (χ0n) is 22.0. The molecule has 3 atom stereocenters. The van der Waals surface area contributed by atoms with E-state index in [1.54, 1.807) is 39.0 Å². The van der Waals surface area contributed by atoms with E-state index in [2.05, 4.69) is 10.6 Å². The van der Waals surface area contributed by atoms with Gasteiger partial charge in [0.1, 0.15) is 23.4 Å². The molecule has 0 saturated heterocycles. The molecule has 3 unspecified atom stereocenters. The molecule has 0 aliphatic carbocycles. The van der Waals surface area contributed by atoms with Crippen LogP contribution in [0.25, 0.3) is 0 Å². The van der Waals surface area contributed by atoms with E-state index in [4.69, 9.17) is 4.74 Å². The fraction of sp³-hybridized carbons (Fsp3) is 0.654. The number of para-hydroxylation sites is 1. The molecule has 1 rings (SSSR count). The van der Waals surface area contributed by atoms with Gasteiger partial charge in [-0.15, -0.1) is 0 Å². The summed E-state index contributed by atoms with van der Waals surface area (Å²) in [7, 11) is 0. The summed E-state index contributed by atoms with van der Waals surface area (Å²) >= 11 is 0. The monoisotopic (exact) mass is 477 g/mol. The van der Waals surface area contributed by atoms with Gasteiger partial charge in [-0.3, -0.25) is 9.59 Å². The summed E-state index contributed by atoms with van der Waals surface area (Å²) in [6, 6.07) is 4.43. The quantitative estimate of drug-likeness (QED) is 0.434. The minimum Gasteiger partial charge on any atom is -0.508 e. The lowest BCUT2D eigenvalue weighted by Gasteiger charge is -2.36. The summed E-state index contributed by atoms with van der Waals surface area (Å²) < 4.78 is 5.40. The minimum atomic E-state index is -1.05. The average Bonchev–Trinajstić information content (AvgIpc) is 2.73. The van der Waals surface area contributed by atoms with Crippen molar-refractivity contribution in [1.82, 2.24) is 15.5 Å². The summed E-state index contributed by atoms with van der Waals surface area (Å²) in [5.74, 6) is -1.05. The molecule has 0 fully saturated rings. The van der Waals surface area contributed by atoms with Gasteiger partial charge >= 0.3 is 6.09 Å². The molecule has 3 amide bonds. The number of alkyl carbamates (subject to hydrolysis) is 1. The van der Waals surface area contributed by atoms with Crippen LogP contribution in [0.1, 0.15) is 86.3 Å². The maximum absolute atomic E-state index is 14.0. The van der Waals surface area contributed by atoms with Crippen molar-refractivity contribution < 1.29 is 24.2 Å². The van der Waals surface area contributed by atoms with Gasteiger partial charge in [0.05, 0.1) is 0 Å². The molecule has 0 aliphatic heterocycles. The van der Waals surface area contributed by atoms with Gasteiger partial charge in [0, 0.05) is 18.2 Å². The molecule has 0 bridgehead atoms. The second kappa shape index (κ2) is 13.2. The Morgan fingerprint density at radius 2 is 1.68 bits per heavy atom. The first-order chi connectivity index (χ1) is 15.8. The first-order valence-corrected chi connectivity index (χ1v) is 12.2. The number of nitrogens with zero attached hydrogens (tertiary/aromatic N) is 1. The van der Waals surface area contributed by atoms with Crippen LogP contribution < -0.4 is 10.6 Å². The summed E-state index contributed by atoms with van der Waals surface area (Å²) in [6.07, 6.45) is 1.40. The van der Waals surface area contributed by atoms with Gasteiger partial charge in [-0.1, -0.05) is 51.8 Å². The third-order valence-electron chi connectivity index (χ3n) is 5.41. The number of carbonyl (C=O) groups is 3. The number of hydrogen-bond donors (Lipinski definition) is 3. The predicted molar refractivity (Wildman–Crippen MR) is 133 cm³/mol. The molecule has 0 radical (unpaired) electrons. The third kappa shape index (κ3) is 8.88. The second-order valence-corrected chi connectivity index (χ2v) is 10.0. The fourth-order valence-corrected chi connectivity index (χ4v) is 3.52. The van der Waals surface area contributed by atoms with Crippen molar-refractivity contribution in [3.8, 4) is 5.75 Å². The van der Waals surface area contributed by atoms with Crippen LogP contribution in [0, 0.1) is 5.92 Å². The van der Waals surface area contributed by atoms with Gasteiger partial charge in [0.2, 0.25) is 11.8 Å². The molecule has 192 valence electrons. The number of amides is 3. The third-order valence-corrected chi connectivity index (χ3v) is 5.41. The van der Waals surface area contributed by atoms with Crippen LogP contribution in [-0.2, 0) is 14.3 Å². The van der Waals surface area contributed by atoms with Crippen LogP contribution >= 0.6 is 0 Å². The van der Waals surface area contributed by atoms with Gasteiger partial charge < -0.3 is 25.4 Å². The normalized spacial score (nSPS) is 14.1. The Morgan fingerprint density at radius 3 is 2.18 bits per heavy atom. The van der Waals surface area contributed by atoms with Crippen LogP contribution in [0.4, 0.5) is 4.79 Å². The predicted octanol–water partition coefficient (Wildman–Crippen LogP) is 4.53. The molecule has 0 aromatic heterocycles. The van der Waals surface area contributed by atoms with E-state index in [0.29, 0.717) is 24.9 Å². The number of rotatable bonds is 11. The molecule has 0 aliphatic rings. The van der Waals surface area contributed by atoms with Crippen LogP contribution in [0.5, 0.6) is 5.75 Å². The van der Waals surface area contributed by atoms with Gasteiger partial charge in [-0.25, -0.2) is 4.79 Å². The second-order valence-electron chi connectivity index (χ2n) is 10.0. The summed E-state index contributed by atoms with van der Waals surface area (Å²) in [5.41, 5.74) is -0.379. The molecule has 8 nitrogen and oxygen atoms in total. The molecule has 3 N–H and O–H groups in total. The number of ether oxygens (including phenoxy) is 1. The maximum Gasteiger partial charge on any atom is 0.408 e. The largest absolute Gasteiger partial charge is 0.508 e. The van der Waals surface area contributed by atoms with Crippen LogP contribution in [-0.4, -0.2) is 52.1 Å². The Kier molecular flexibility index (Phi) is 11.4. The molecule has 1 aromatic carbocycles.